The highest BCUT2D eigenvalue weighted by molar-refractivity contribution is 7.80. The van der Waals surface area contributed by atoms with E-state index in [2.05, 4.69) is 0 Å². The zero-order chi connectivity index (χ0) is 12.0. The van der Waals surface area contributed by atoms with Gasteiger partial charge in [0.2, 0.25) is 0 Å². The number of nitrogens with zero attached hydrogens (tertiary/aromatic N) is 1. The molecule has 0 saturated heterocycles. The Kier molecular flexibility index (Phi) is 6.43. The minimum Gasteiger partial charge on any atom is -0.465 e. The van der Waals surface area contributed by atoms with Gasteiger partial charge in [-0.25, -0.2) is 0 Å². The van der Waals surface area contributed by atoms with Gasteiger partial charge in [-0.3, -0.25) is 9.69 Å². The van der Waals surface area contributed by atoms with Gasteiger partial charge in [0.1, 0.15) is 6.04 Å². The SMILES string of the molecule is CCOC(=O)C(C)N(C)C(C)CC(N)=S. The maximum atomic E-state index is 11.4. The van der Waals surface area contributed by atoms with E-state index in [1.54, 1.807) is 6.92 Å². The van der Waals surface area contributed by atoms with E-state index in [0.29, 0.717) is 18.0 Å². The molecule has 0 fully saturated rings. The van der Waals surface area contributed by atoms with Crippen molar-refractivity contribution >= 4 is 23.2 Å². The molecule has 2 N–H and O–H groups in total. The number of rotatable bonds is 6. The van der Waals surface area contributed by atoms with Crippen molar-refractivity contribution in [1.29, 1.82) is 0 Å². The summed E-state index contributed by atoms with van der Waals surface area (Å²) in [7, 11) is 1.87. The molecule has 0 rings (SSSR count). The molecule has 2 atom stereocenters. The topological polar surface area (TPSA) is 55.6 Å². The fourth-order valence-corrected chi connectivity index (χ4v) is 1.49. The Labute approximate surface area is 96.8 Å². The molecule has 15 heavy (non-hydrogen) atoms. The third-order valence-corrected chi connectivity index (χ3v) is 2.60. The first-order valence-electron chi connectivity index (χ1n) is 5.07. The van der Waals surface area contributed by atoms with E-state index in [9.17, 15) is 4.79 Å². The Bertz CT molecular complexity index is 233. The Morgan fingerprint density at radius 2 is 2.07 bits per heavy atom. The normalized spacial score (nSPS) is 14.7. The van der Waals surface area contributed by atoms with Crippen LogP contribution in [-0.2, 0) is 9.53 Å². The van der Waals surface area contributed by atoms with Crippen LogP contribution >= 0.6 is 12.2 Å². The van der Waals surface area contributed by atoms with Gasteiger partial charge in [0.05, 0.1) is 11.6 Å². The second-order valence-electron chi connectivity index (χ2n) is 3.61. The smallest absolute Gasteiger partial charge is 0.323 e. The summed E-state index contributed by atoms with van der Waals surface area (Å²) in [5.74, 6) is -0.213. The molecule has 88 valence electrons. The summed E-state index contributed by atoms with van der Waals surface area (Å²) in [5, 5.41) is 0. The van der Waals surface area contributed by atoms with Crippen molar-refractivity contribution in [3.05, 3.63) is 0 Å². The van der Waals surface area contributed by atoms with Crippen LogP contribution in [0.3, 0.4) is 0 Å². The molecule has 0 radical (unpaired) electrons. The number of likely N-dealkylation sites (N-methyl/N-ethyl adjacent to an activating group) is 1. The zero-order valence-electron chi connectivity index (χ0n) is 9.82. The summed E-state index contributed by atoms with van der Waals surface area (Å²) < 4.78 is 4.94. The third-order valence-electron chi connectivity index (χ3n) is 2.43. The van der Waals surface area contributed by atoms with Crippen LogP contribution in [0.5, 0.6) is 0 Å². The number of esters is 1. The lowest BCUT2D eigenvalue weighted by molar-refractivity contribution is -0.149. The number of carbonyl (C=O) groups excluding carboxylic acids is 1. The minimum absolute atomic E-state index is 0.141. The highest BCUT2D eigenvalue weighted by Crippen LogP contribution is 2.07. The molecule has 0 heterocycles. The summed E-state index contributed by atoms with van der Waals surface area (Å²) in [6.07, 6.45) is 0.607. The minimum atomic E-state index is -0.269. The van der Waals surface area contributed by atoms with E-state index in [0.717, 1.165) is 0 Å². The summed E-state index contributed by atoms with van der Waals surface area (Å²) in [6.45, 7) is 5.99. The first-order valence-corrected chi connectivity index (χ1v) is 5.47. The fourth-order valence-electron chi connectivity index (χ4n) is 1.25. The number of hydrogen-bond donors (Lipinski definition) is 1. The van der Waals surface area contributed by atoms with E-state index < -0.39 is 0 Å². The van der Waals surface area contributed by atoms with Gasteiger partial charge < -0.3 is 10.5 Å². The van der Waals surface area contributed by atoms with E-state index in [1.807, 2.05) is 25.8 Å². The Morgan fingerprint density at radius 3 is 2.47 bits per heavy atom. The van der Waals surface area contributed by atoms with Crippen LogP contribution in [0.4, 0.5) is 0 Å². The molecule has 4 nitrogen and oxygen atoms in total. The van der Waals surface area contributed by atoms with Crippen molar-refractivity contribution < 1.29 is 9.53 Å². The molecule has 0 aliphatic carbocycles. The lowest BCUT2D eigenvalue weighted by Crippen LogP contribution is -2.43. The van der Waals surface area contributed by atoms with Crippen LogP contribution in [0.25, 0.3) is 0 Å². The lowest BCUT2D eigenvalue weighted by Gasteiger charge is -2.28. The highest BCUT2D eigenvalue weighted by atomic mass is 32.1. The molecule has 0 aliphatic heterocycles. The van der Waals surface area contributed by atoms with Crippen molar-refractivity contribution in [2.24, 2.45) is 5.73 Å². The number of nitrogens with two attached hydrogens (primary N) is 1. The molecule has 2 unspecified atom stereocenters. The first-order chi connectivity index (χ1) is 6.90. The molecule has 0 bridgehead atoms. The molecule has 0 aromatic rings. The molecule has 5 heteroatoms. The first kappa shape index (κ1) is 14.3. The monoisotopic (exact) mass is 232 g/mol. The quantitative estimate of drug-likeness (QED) is 0.545. The fraction of sp³-hybridized carbons (Fsp3) is 0.800. The standard InChI is InChI=1S/C10H20N2O2S/c1-5-14-10(13)8(3)12(4)7(2)6-9(11)15/h7-8H,5-6H2,1-4H3,(H2,11,15). The van der Waals surface area contributed by atoms with E-state index in [-0.39, 0.29) is 18.1 Å². The van der Waals surface area contributed by atoms with E-state index in [4.69, 9.17) is 22.7 Å². The second kappa shape index (κ2) is 6.74. The van der Waals surface area contributed by atoms with Gasteiger partial charge in [-0.15, -0.1) is 0 Å². The van der Waals surface area contributed by atoms with Crippen LogP contribution in [0.1, 0.15) is 27.2 Å². The van der Waals surface area contributed by atoms with Crippen molar-refractivity contribution in [1.82, 2.24) is 4.90 Å². The van der Waals surface area contributed by atoms with Crippen molar-refractivity contribution in [3.8, 4) is 0 Å². The average Bonchev–Trinajstić information content (AvgIpc) is 2.14. The van der Waals surface area contributed by atoms with Crippen molar-refractivity contribution in [3.63, 3.8) is 0 Å². The molecule has 0 aromatic heterocycles. The summed E-state index contributed by atoms with van der Waals surface area (Å²) in [6, 6.07) is -0.129. The van der Waals surface area contributed by atoms with Crippen LogP contribution < -0.4 is 5.73 Å². The molecular formula is C10H20N2O2S. The number of thiocarbonyl (C=S) groups is 1. The second-order valence-corrected chi connectivity index (χ2v) is 4.14. The third kappa shape index (κ3) is 5.09. The lowest BCUT2D eigenvalue weighted by atomic mass is 10.1. The van der Waals surface area contributed by atoms with Crippen LogP contribution in [0.2, 0.25) is 0 Å². The van der Waals surface area contributed by atoms with Crippen LogP contribution in [0, 0.1) is 0 Å². The van der Waals surface area contributed by atoms with Gasteiger partial charge in [-0.1, -0.05) is 12.2 Å². The average molecular weight is 232 g/mol. The summed E-state index contributed by atoms with van der Waals surface area (Å²) in [4.78, 5) is 13.8. The van der Waals surface area contributed by atoms with Crippen molar-refractivity contribution in [2.75, 3.05) is 13.7 Å². The predicted octanol–water partition coefficient (Wildman–Crippen LogP) is 0.934. The maximum absolute atomic E-state index is 11.4. The molecule has 0 aromatic carbocycles. The summed E-state index contributed by atoms with van der Waals surface area (Å²) >= 11 is 4.83. The van der Waals surface area contributed by atoms with E-state index >= 15 is 0 Å². The molecule has 0 spiro atoms. The van der Waals surface area contributed by atoms with Gasteiger partial charge in [0.15, 0.2) is 0 Å². The van der Waals surface area contributed by atoms with Crippen molar-refractivity contribution in [2.45, 2.75) is 39.3 Å². The summed E-state index contributed by atoms with van der Waals surface area (Å²) in [5.41, 5.74) is 5.45. The van der Waals surface area contributed by atoms with Gasteiger partial charge >= 0.3 is 5.97 Å². The Morgan fingerprint density at radius 1 is 1.53 bits per heavy atom. The Balaban J connectivity index is 4.23. The largest absolute Gasteiger partial charge is 0.465 e. The van der Waals surface area contributed by atoms with Crippen LogP contribution in [-0.4, -0.2) is 41.6 Å². The molecule has 0 aliphatic rings. The maximum Gasteiger partial charge on any atom is 0.323 e. The zero-order valence-corrected chi connectivity index (χ0v) is 10.6. The molecule has 0 saturated carbocycles. The Hall–Kier alpha value is -0.680. The van der Waals surface area contributed by atoms with Gasteiger partial charge in [0.25, 0.3) is 0 Å². The van der Waals surface area contributed by atoms with Crippen LogP contribution in [0.15, 0.2) is 0 Å². The van der Waals surface area contributed by atoms with Gasteiger partial charge in [-0.2, -0.15) is 0 Å². The van der Waals surface area contributed by atoms with E-state index in [1.165, 1.54) is 0 Å². The highest BCUT2D eigenvalue weighted by Gasteiger charge is 2.23. The number of hydrogen-bond acceptors (Lipinski definition) is 4. The predicted molar refractivity (Wildman–Crippen MR) is 64.7 cm³/mol. The molecule has 0 amide bonds. The van der Waals surface area contributed by atoms with Gasteiger partial charge in [-0.05, 0) is 27.8 Å². The van der Waals surface area contributed by atoms with Gasteiger partial charge in [0, 0.05) is 12.5 Å². The number of ether oxygens (including phenoxy) is 1. The molecular weight excluding hydrogens is 212 g/mol. The number of carbonyl (C=O) groups is 1.